The Balaban J connectivity index is 2.01. The number of carboxylic acid groups (broad SMARTS) is 1. The Morgan fingerprint density at radius 2 is 2.26 bits per heavy atom. The Hall–Kier alpha value is -2.37. The van der Waals surface area contributed by atoms with E-state index >= 15 is 0 Å². The number of rotatable bonds is 5. The fourth-order valence-electron chi connectivity index (χ4n) is 1.75. The monoisotopic (exact) mass is 261 g/mol. The molecular formula is C13H15N3O3. The average molecular weight is 261 g/mol. The summed E-state index contributed by atoms with van der Waals surface area (Å²) in [5.41, 5.74) is 1.03. The number of carboxylic acids is 1. The highest BCUT2D eigenvalue weighted by Crippen LogP contribution is 2.05. The van der Waals surface area contributed by atoms with Gasteiger partial charge in [-0.3, -0.25) is 9.59 Å². The van der Waals surface area contributed by atoms with Gasteiger partial charge in [0.15, 0.2) is 0 Å². The van der Waals surface area contributed by atoms with Crippen molar-refractivity contribution in [2.75, 3.05) is 0 Å². The van der Waals surface area contributed by atoms with Crippen LogP contribution in [0.25, 0.3) is 5.65 Å². The number of nitrogens with one attached hydrogen (secondary N) is 1. The summed E-state index contributed by atoms with van der Waals surface area (Å²) >= 11 is 0. The fourth-order valence-corrected chi connectivity index (χ4v) is 1.75. The second kappa shape index (κ2) is 5.51. The van der Waals surface area contributed by atoms with Gasteiger partial charge in [0.2, 0.25) is 0 Å². The SMILES string of the molecule is CC(CCC(=O)O)NC(=O)c1cn2ccccc2n1. The molecule has 0 aliphatic carbocycles. The fraction of sp³-hybridized carbons (Fsp3) is 0.308. The van der Waals surface area contributed by atoms with Gasteiger partial charge in [-0.05, 0) is 25.5 Å². The minimum atomic E-state index is -0.867. The van der Waals surface area contributed by atoms with Gasteiger partial charge in [0, 0.05) is 24.9 Å². The molecule has 0 aliphatic rings. The summed E-state index contributed by atoms with van der Waals surface area (Å²) in [6, 6.07) is 5.31. The van der Waals surface area contributed by atoms with Crippen LogP contribution in [0.2, 0.25) is 0 Å². The lowest BCUT2D eigenvalue weighted by Crippen LogP contribution is -2.33. The molecule has 0 saturated heterocycles. The number of hydrogen-bond acceptors (Lipinski definition) is 3. The number of imidazole rings is 1. The van der Waals surface area contributed by atoms with Gasteiger partial charge in [-0.25, -0.2) is 4.98 Å². The number of carbonyl (C=O) groups excluding carboxylic acids is 1. The highest BCUT2D eigenvalue weighted by molar-refractivity contribution is 5.93. The summed E-state index contributed by atoms with van der Waals surface area (Å²) in [4.78, 5) is 26.6. The molecule has 0 aliphatic heterocycles. The number of fused-ring (bicyclic) bond motifs is 1. The first kappa shape index (κ1) is 13.1. The van der Waals surface area contributed by atoms with Crippen molar-refractivity contribution in [1.29, 1.82) is 0 Å². The van der Waals surface area contributed by atoms with Crippen LogP contribution < -0.4 is 5.32 Å². The summed E-state index contributed by atoms with van der Waals surface area (Å²) in [5.74, 6) is -1.16. The summed E-state index contributed by atoms with van der Waals surface area (Å²) in [6.45, 7) is 1.77. The molecule has 1 unspecified atom stereocenters. The van der Waals surface area contributed by atoms with Crippen molar-refractivity contribution in [2.24, 2.45) is 0 Å². The topological polar surface area (TPSA) is 83.7 Å². The maximum absolute atomic E-state index is 11.9. The summed E-state index contributed by atoms with van der Waals surface area (Å²) in [5, 5.41) is 11.3. The molecule has 2 aromatic rings. The zero-order valence-electron chi connectivity index (χ0n) is 10.5. The number of hydrogen-bond donors (Lipinski definition) is 2. The van der Waals surface area contributed by atoms with E-state index in [1.54, 1.807) is 17.5 Å². The van der Waals surface area contributed by atoms with Crippen molar-refractivity contribution in [3.63, 3.8) is 0 Å². The summed E-state index contributed by atoms with van der Waals surface area (Å²) < 4.78 is 1.76. The highest BCUT2D eigenvalue weighted by Gasteiger charge is 2.13. The number of aromatic nitrogens is 2. The standard InChI is InChI=1S/C13H15N3O3/c1-9(5-6-12(17)18)14-13(19)10-8-16-7-3-2-4-11(16)15-10/h2-4,7-9H,5-6H2,1H3,(H,14,19)(H,17,18). The summed E-state index contributed by atoms with van der Waals surface area (Å²) in [7, 11) is 0. The first-order chi connectivity index (χ1) is 9.06. The van der Waals surface area contributed by atoms with Crippen molar-refractivity contribution in [3.05, 3.63) is 36.3 Å². The van der Waals surface area contributed by atoms with Gasteiger partial charge < -0.3 is 14.8 Å². The van der Waals surface area contributed by atoms with Crippen molar-refractivity contribution in [3.8, 4) is 0 Å². The van der Waals surface area contributed by atoms with Gasteiger partial charge in [-0.15, -0.1) is 0 Å². The lowest BCUT2D eigenvalue weighted by molar-refractivity contribution is -0.137. The zero-order chi connectivity index (χ0) is 13.8. The molecule has 2 N–H and O–H groups in total. The molecule has 100 valence electrons. The third kappa shape index (κ3) is 3.31. The lowest BCUT2D eigenvalue weighted by atomic mass is 10.2. The molecule has 0 radical (unpaired) electrons. The lowest BCUT2D eigenvalue weighted by Gasteiger charge is -2.11. The predicted molar refractivity (Wildman–Crippen MR) is 69.0 cm³/mol. The maximum atomic E-state index is 11.9. The molecule has 1 atom stereocenters. The van der Waals surface area contributed by atoms with E-state index in [1.165, 1.54) is 0 Å². The smallest absolute Gasteiger partial charge is 0.303 e. The Kier molecular flexibility index (Phi) is 3.79. The van der Waals surface area contributed by atoms with Crippen LogP contribution in [-0.2, 0) is 4.79 Å². The van der Waals surface area contributed by atoms with Gasteiger partial charge in [0.25, 0.3) is 5.91 Å². The van der Waals surface area contributed by atoms with Gasteiger partial charge in [0.1, 0.15) is 11.3 Å². The first-order valence-corrected chi connectivity index (χ1v) is 6.02. The van der Waals surface area contributed by atoms with Crippen LogP contribution in [0.4, 0.5) is 0 Å². The van der Waals surface area contributed by atoms with Gasteiger partial charge in [-0.1, -0.05) is 6.07 Å². The van der Waals surface area contributed by atoms with Crippen molar-refractivity contribution in [2.45, 2.75) is 25.8 Å². The van der Waals surface area contributed by atoms with E-state index in [0.717, 1.165) is 0 Å². The second-order valence-corrected chi connectivity index (χ2v) is 4.40. The predicted octanol–water partition coefficient (Wildman–Crippen LogP) is 1.32. The Morgan fingerprint density at radius 1 is 1.47 bits per heavy atom. The van der Waals surface area contributed by atoms with E-state index < -0.39 is 5.97 Å². The molecule has 6 nitrogen and oxygen atoms in total. The van der Waals surface area contributed by atoms with Crippen LogP contribution in [0.3, 0.4) is 0 Å². The molecule has 6 heteroatoms. The second-order valence-electron chi connectivity index (χ2n) is 4.40. The molecule has 2 heterocycles. The third-order valence-corrected chi connectivity index (χ3v) is 2.77. The van der Waals surface area contributed by atoms with Crippen LogP contribution in [0, 0.1) is 0 Å². The van der Waals surface area contributed by atoms with Crippen molar-refractivity contribution >= 4 is 17.5 Å². The number of aliphatic carboxylic acids is 1. The Labute approximate surface area is 110 Å². The van der Waals surface area contributed by atoms with Crippen LogP contribution in [0.1, 0.15) is 30.3 Å². The molecule has 0 spiro atoms. The largest absolute Gasteiger partial charge is 0.481 e. The number of carbonyl (C=O) groups is 2. The van der Waals surface area contributed by atoms with Crippen molar-refractivity contribution in [1.82, 2.24) is 14.7 Å². The highest BCUT2D eigenvalue weighted by atomic mass is 16.4. The van der Waals surface area contributed by atoms with Crippen molar-refractivity contribution < 1.29 is 14.7 Å². The number of amides is 1. The van der Waals surface area contributed by atoms with Crippen LogP contribution in [-0.4, -0.2) is 32.4 Å². The van der Waals surface area contributed by atoms with Crippen LogP contribution in [0.5, 0.6) is 0 Å². The molecule has 0 saturated carbocycles. The minimum Gasteiger partial charge on any atom is -0.481 e. The molecular weight excluding hydrogens is 246 g/mol. The van der Waals surface area contributed by atoms with E-state index in [2.05, 4.69) is 10.3 Å². The maximum Gasteiger partial charge on any atom is 0.303 e. The molecule has 2 rings (SSSR count). The Morgan fingerprint density at radius 3 is 2.95 bits per heavy atom. The molecule has 19 heavy (non-hydrogen) atoms. The average Bonchev–Trinajstić information content (AvgIpc) is 2.80. The quantitative estimate of drug-likeness (QED) is 0.850. The molecule has 1 amide bonds. The third-order valence-electron chi connectivity index (χ3n) is 2.77. The molecule has 0 bridgehead atoms. The number of nitrogens with zero attached hydrogens (tertiary/aromatic N) is 2. The number of pyridine rings is 1. The first-order valence-electron chi connectivity index (χ1n) is 6.02. The minimum absolute atomic E-state index is 0.0343. The van der Waals surface area contributed by atoms with E-state index in [9.17, 15) is 9.59 Å². The van der Waals surface area contributed by atoms with Crippen LogP contribution >= 0.6 is 0 Å². The van der Waals surface area contributed by atoms with E-state index in [-0.39, 0.29) is 18.4 Å². The summed E-state index contributed by atoms with van der Waals surface area (Å²) in [6.07, 6.45) is 3.89. The molecule has 2 aromatic heterocycles. The van der Waals surface area contributed by atoms with Gasteiger partial charge >= 0.3 is 5.97 Å². The van der Waals surface area contributed by atoms with Crippen LogP contribution in [0.15, 0.2) is 30.6 Å². The van der Waals surface area contributed by atoms with Gasteiger partial charge in [-0.2, -0.15) is 0 Å². The van der Waals surface area contributed by atoms with E-state index in [1.807, 2.05) is 24.4 Å². The van der Waals surface area contributed by atoms with E-state index in [4.69, 9.17) is 5.11 Å². The molecule has 0 fully saturated rings. The zero-order valence-corrected chi connectivity index (χ0v) is 10.5. The Bertz CT molecular complexity index is 573. The van der Waals surface area contributed by atoms with Gasteiger partial charge in [0.05, 0.1) is 0 Å². The molecule has 0 aromatic carbocycles. The van der Waals surface area contributed by atoms with E-state index in [0.29, 0.717) is 17.8 Å². The normalized spacial score (nSPS) is 12.3.